The zero-order chi connectivity index (χ0) is 10.6. The fourth-order valence-electron chi connectivity index (χ4n) is 1.49. The fraction of sp³-hybridized carbons (Fsp3) is 0.462. The smallest absolute Gasteiger partial charge is 0.0700 e. The molecule has 1 aromatic carbocycles. The maximum Gasteiger partial charge on any atom is 0.0700 e. The van der Waals surface area contributed by atoms with E-state index in [0.29, 0.717) is 5.92 Å². The van der Waals surface area contributed by atoms with Crippen LogP contribution in [0.5, 0.6) is 0 Å². The molecule has 0 aromatic heterocycles. The van der Waals surface area contributed by atoms with E-state index in [1.165, 1.54) is 5.56 Å². The molecular weight excluding hydrogens is 170 g/mol. The van der Waals surface area contributed by atoms with Crippen molar-refractivity contribution in [3.05, 3.63) is 35.4 Å². The van der Waals surface area contributed by atoms with E-state index < -0.39 is 0 Å². The van der Waals surface area contributed by atoms with Crippen LogP contribution >= 0.6 is 0 Å². The van der Waals surface area contributed by atoms with Crippen LogP contribution in [0.1, 0.15) is 37.8 Å². The SMILES string of the molecule is CC(C)Cc1ccc(C(C)C#N)cc1. The summed E-state index contributed by atoms with van der Waals surface area (Å²) in [6.07, 6.45) is 1.11. The van der Waals surface area contributed by atoms with Crippen LogP contribution in [0.3, 0.4) is 0 Å². The van der Waals surface area contributed by atoms with Gasteiger partial charge < -0.3 is 0 Å². The number of benzene rings is 1. The maximum atomic E-state index is 8.75. The molecule has 14 heavy (non-hydrogen) atoms. The molecular formula is C13H17N. The first-order chi connectivity index (χ1) is 6.63. The van der Waals surface area contributed by atoms with Crippen molar-refractivity contribution in [3.63, 3.8) is 0 Å². The quantitative estimate of drug-likeness (QED) is 0.710. The number of rotatable bonds is 3. The Morgan fingerprint density at radius 2 is 1.71 bits per heavy atom. The van der Waals surface area contributed by atoms with Gasteiger partial charge >= 0.3 is 0 Å². The van der Waals surface area contributed by atoms with Crippen molar-refractivity contribution in [1.82, 2.24) is 0 Å². The molecule has 0 amide bonds. The zero-order valence-electron chi connectivity index (χ0n) is 9.12. The highest BCUT2D eigenvalue weighted by atomic mass is 14.3. The Bertz CT molecular complexity index is 316. The number of hydrogen-bond acceptors (Lipinski definition) is 1. The van der Waals surface area contributed by atoms with Gasteiger partial charge in [0.1, 0.15) is 0 Å². The van der Waals surface area contributed by atoms with Crippen LogP contribution in [0.4, 0.5) is 0 Å². The summed E-state index contributed by atoms with van der Waals surface area (Å²) in [5.41, 5.74) is 2.47. The van der Waals surface area contributed by atoms with E-state index in [0.717, 1.165) is 12.0 Å². The van der Waals surface area contributed by atoms with Gasteiger partial charge in [0.25, 0.3) is 0 Å². The molecule has 0 N–H and O–H groups in total. The number of nitriles is 1. The Morgan fingerprint density at radius 1 is 1.14 bits per heavy atom. The Labute approximate surface area is 86.4 Å². The van der Waals surface area contributed by atoms with E-state index in [1.807, 2.05) is 6.92 Å². The fourth-order valence-corrected chi connectivity index (χ4v) is 1.49. The average Bonchev–Trinajstić information content (AvgIpc) is 2.17. The van der Waals surface area contributed by atoms with Crippen LogP contribution in [0, 0.1) is 17.2 Å². The highest BCUT2D eigenvalue weighted by Crippen LogP contribution is 2.16. The largest absolute Gasteiger partial charge is 0.198 e. The molecule has 1 unspecified atom stereocenters. The first-order valence-electron chi connectivity index (χ1n) is 5.12. The van der Waals surface area contributed by atoms with Crippen LogP contribution in [0.15, 0.2) is 24.3 Å². The van der Waals surface area contributed by atoms with E-state index in [1.54, 1.807) is 0 Å². The van der Waals surface area contributed by atoms with E-state index in [2.05, 4.69) is 44.2 Å². The minimum atomic E-state index is 0.00287. The first-order valence-corrected chi connectivity index (χ1v) is 5.12. The second kappa shape index (κ2) is 4.81. The summed E-state index contributed by atoms with van der Waals surface area (Å²) in [4.78, 5) is 0. The van der Waals surface area contributed by atoms with E-state index in [-0.39, 0.29) is 5.92 Å². The lowest BCUT2D eigenvalue weighted by Gasteiger charge is -2.07. The predicted molar refractivity (Wildman–Crippen MR) is 59.0 cm³/mol. The summed E-state index contributed by atoms with van der Waals surface area (Å²) in [6.45, 7) is 6.36. The topological polar surface area (TPSA) is 23.8 Å². The van der Waals surface area contributed by atoms with Gasteiger partial charge in [0.2, 0.25) is 0 Å². The summed E-state index contributed by atoms with van der Waals surface area (Å²) in [5.74, 6) is 0.692. The predicted octanol–water partition coefficient (Wildman–Crippen LogP) is 3.51. The molecule has 1 aromatic rings. The molecule has 0 radical (unpaired) electrons. The summed E-state index contributed by atoms with van der Waals surface area (Å²) >= 11 is 0. The lowest BCUT2D eigenvalue weighted by atomic mass is 9.98. The van der Waals surface area contributed by atoms with Crippen LogP contribution in [0.25, 0.3) is 0 Å². The van der Waals surface area contributed by atoms with E-state index in [9.17, 15) is 0 Å². The molecule has 0 aliphatic carbocycles. The maximum absolute atomic E-state index is 8.75. The van der Waals surface area contributed by atoms with E-state index >= 15 is 0 Å². The lowest BCUT2D eigenvalue weighted by molar-refractivity contribution is 0.647. The van der Waals surface area contributed by atoms with Crippen LogP contribution in [-0.2, 0) is 6.42 Å². The van der Waals surface area contributed by atoms with E-state index in [4.69, 9.17) is 5.26 Å². The van der Waals surface area contributed by atoms with Gasteiger partial charge in [-0.3, -0.25) is 0 Å². The minimum Gasteiger partial charge on any atom is -0.198 e. The molecule has 1 rings (SSSR count). The molecule has 1 heteroatoms. The van der Waals surface area contributed by atoms with Crippen molar-refractivity contribution in [2.75, 3.05) is 0 Å². The molecule has 0 saturated carbocycles. The van der Waals surface area contributed by atoms with Crippen molar-refractivity contribution in [1.29, 1.82) is 5.26 Å². The molecule has 1 nitrogen and oxygen atoms in total. The normalized spacial score (nSPS) is 12.5. The summed E-state index contributed by atoms with van der Waals surface area (Å²) in [5, 5.41) is 8.75. The van der Waals surface area contributed by atoms with Gasteiger partial charge in [0.05, 0.1) is 12.0 Å². The summed E-state index contributed by atoms with van der Waals surface area (Å²) in [7, 11) is 0. The second-order valence-corrected chi connectivity index (χ2v) is 4.19. The molecule has 0 spiro atoms. The molecule has 0 bridgehead atoms. The standard InChI is InChI=1S/C13H17N/c1-10(2)8-12-4-6-13(7-5-12)11(3)9-14/h4-7,10-11H,8H2,1-3H3. The highest BCUT2D eigenvalue weighted by molar-refractivity contribution is 5.28. The van der Waals surface area contributed by atoms with Crippen molar-refractivity contribution in [2.24, 2.45) is 5.92 Å². The molecule has 1 atom stereocenters. The molecule has 0 aliphatic rings. The van der Waals surface area contributed by atoms with Crippen LogP contribution < -0.4 is 0 Å². The first kappa shape index (κ1) is 10.8. The third-order valence-corrected chi connectivity index (χ3v) is 2.32. The van der Waals surface area contributed by atoms with Gasteiger partial charge in [-0.1, -0.05) is 38.1 Å². The van der Waals surface area contributed by atoms with Crippen LogP contribution in [-0.4, -0.2) is 0 Å². The van der Waals surface area contributed by atoms with Gasteiger partial charge in [-0.25, -0.2) is 0 Å². The Hall–Kier alpha value is -1.29. The highest BCUT2D eigenvalue weighted by Gasteiger charge is 2.03. The number of hydrogen-bond donors (Lipinski definition) is 0. The van der Waals surface area contributed by atoms with Gasteiger partial charge in [0.15, 0.2) is 0 Å². The molecule has 0 heterocycles. The van der Waals surface area contributed by atoms with Gasteiger partial charge in [0, 0.05) is 0 Å². The zero-order valence-corrected chi connectivity index (χ0v) is 9.12. The third-order valence-electron chi connectivity index (χ3n) is 2.32. The monoisotopic (exact) mass is 187 g/mol. The second-order valence-electron chi connectivity index (χ2n) is 4.19. The van der Waals surface area contributed by atoms with Crippen LogP contribution in [0.2, 0.25) is 0 Å². The lowest BCUT2D eigenvalue weighted by Crippen LogP contribution is -1.95. The number of nitrogens with zero attached hydrogens (tertiary/aromatic N) is 1. The Balaban J connectivity index is 2.74. The van der Waals surface area contributed by atoms with Gasteiger partial charge in [-0.2, -0.15) is 5.26 Å². The molecule has 0 aliphatic heterocycles. The molecule has 74 valence electrons. The van der Waals surface area contributed by atoms with Crippen molar-refractivity contribution in [3.8, 4) is 6.07 Å². The molecule has 0 fully saturated rings. The van der Waals surface area contributed by atoms with Crippen molar-refractivity contribution >= 4 is 0 Å². The average molecular weight is 187 g/mol. The molecule has 0 saturated heterocycles. The minimum absolute atomic E-state index is 0.00287. The summed E-state index contributed by atoms with van der Waals surface area (Å²) < 4.78 is 0. The van der Waals surface area contributed by atoms with Gasteiger partial charge in [-0.05, 0) is 30.4 Å². The van der Waals surface area contributed by atoms with Crippen molar-refractivity contribution in [2.45, 2.75) is 33.1 Å². The van der Waals surface area contributed by atoms with Gasteiger partial charge in [-0.15, -0.1) is 0 Å². The third kappa shape index (κ3) is 2.88. The Kier molecular flexibility index (Phi) is 3.71. The summed E-state index contributed by atoms with van der Waals surface area (Å²) in [6, 6.07) is 10.6. The van der Waals surface area contributed by atoms with Crippen molar-refractivity contribution < 1.29 is 0 Å². The Morgan fingerprint density at radius 3 is 2.14 bits per heavy atom.